The summed E-state index contributed by atoms with van der Waals surface area (Å²) >= 11 is 11.8. The van der Waals surface area contributed by atoms with E-state index >= 15 is 0 Å². The lowest BCUT2D eigenvalue weighted by Gasteiger charge is -2.34. The van der Waals surface area contributed by atoms with Crippen molar-refractivity contribution in [3.63, 3.8) is 0 Å². The SMILES string of the molecule is CCC(C(=O)O)N1N=C2C(Cl)=CC(Cl)=CN2CC1=O. The van der Waals surface area contributed by atoms with E-state index in [0.717, 1.165) is 5.01 Å². The van der Waals surface area contributed by atoms with Gasteiger partial charge in [0.05, 0.1) is 10.1 Å². The van der Waals surface area contributed by atoms with Crippen molar-refractivity contribution in [2.45, 2.75) is 19.4 Å². The summed E-state index contributed by atoms with van der Waals surface area (Å²) in [5, 5.41) is 14.7. The highest BCUT2D eigenvalue weighted by Crippen LogP contribution is 2.25. The smallest absolute Gasteiger partial charge is 0.328 e. The van der Waals surface area contributed by atoms with Crippen molar-refractivity contribution in [3.8, 4) is 0 Å². The number of carbonyl (C=O) groups excluding carboxylic acids is 1. The minimum Gasteiger partial charge on any atom is -0.480 e. The molecule has 1 atom stereocenters. The molecule has 2 heterocycles. The molecule has 2 aliphatic rings. The van der Waals surface area contributed by atoms with Crippen molar-refractivity contribution in [3.05, 3.63) is 22.3 Å². The highest BCUT2D eigenvalue weighted by Gasteiger charge is 2.35. The fraction of sp³-hybridized carbons (Fsp3) is 0.364. The van der Waals surface area contributed by atoms with Crippen molar-refractivity contribution in [2.24, 2.45) is 5.10 Å². The molecule has 0 radical (unpaired) electrons. The fourth-order valence-electron chi connectivity index (χ4n) is 1.87. The molecule has 0 bridgehead atoms. The number of amides is 1. The van der Waals surface area contributed by atoms with E-state index in [1.807, 2.05) is 0 Å². The molecule has 1 N–H and O–H groups in total. The number of nitrogens with zero attached hydrogens (tertiary/aromatic N) is 3. The Morgan fingerprint density at radius 2 is 2.26 bits per heavy atom. The quantitative estimate of drug-likeness (QED) is 0.858. The van der Waals surface area contributed by atoms with Crippen LogP contribution in [-0.4, -0.2) is 45.3 Å². The number of carboxylic acids is 1. The standard InChI is InChI=1S/C11H11Cl2N3O3/c1-2-8(11(18)19)16-9(17)5-15-4-6(12)3-7(13)10(15)14-16/h3-4,8H,2,5H2,1H3,(H,18,19). The van der Waals surface area contributed by atoms with Crippen molar-refractivity contribution in [1.29, 1.82) is 0 Å². The van der Waals surface area contributed by atoms with Crippen molar-refractivity contribution >= 4 is 40.9 Å². The third-order valence-corrected chi connectivity index (χ3v) is 3.24. The van der Waals surface area contributed by atoms with Gasteiger partial charge in [-0.15, -0.1) is 5.10 Å². The van der Waals surface area contributed by atoms with Crippen LogP contribution in [0.25, 0.3) is 0 Å². The number of carbonyl (C=O) groups is 2. The average Bonchev–Trinajstić information content (AvgIpc) is 2.30. The van der Waals surface area contributed by atoms with Gasteiger partial charge in [-0.2, -0.15) is 0 Å². The third kappa shape index (κ3) is 2.59. The van der Waals surface area contributed by atoms with Crippen LogP contribution in [0.5, 0.6) is 0 Å². The first-order valence-electron chi connectivity index (χ1n) is 5.59. The maximum absolute atomic E-state index is 11.9. The number of carboxylic acid groups (broad SMARTS) is 1. The maximum Gasteiger partial charge on any atom is 0.328 e. The van der Waals surface area contributed by atoms with Crippen LogP contribution in [-0.2, 0) is 9.59 Å². The largest absolute Gasteiger partial charge is 0.480 e. The van der Waals surface area contributed by atoms with Crippen molar-refractivity contribution < 1.29 is 14.7 Å². The van der Waals surface area contributed by atoms with Gasteiger partial charge >= 0.3 is 5.97 Å². The van der Waals surface area contributed by atoms with Gasteiger partial charge in [-0.1, -0.05) is 30.1 Å². The molecule has 2 rings (SSSR count). The van der Waals surface area contributed by atoms with E-state index in [1.165, 1.54) is 17.2 Å². The van der Waals surface area contributed by atoms with Crippen LogP contribution >= 0.6 is 23.2 Å². The molecule has 0 aromatic carbocycles. The van der Waals surface area contributed by atoms with Crippen LogP contribution in [0.2, 0.25) is 0 Å². The first-order valence-corrected chi connectivity index (χ1v) is 6.34. The highest BCUT2D eigenvalue weighted by atomic mass is 35.5. The van der Waals surface area contributed by atoms with E-state index < -0.39 is 17.9 Å². The van der Waals surface area contributed by atoms with Crippen LogP contribution in [0.15, 0.2) is 27.4 Å². The summed E-state index contributed by atoms with van der Waals surface area (Å²) in [4.78, 5) is 24.6. The molecule has 0 aromatic heterocycles. The second-order valence-corrected chi connectivity index (χ2v) is 4.90. The second kappa shape index (κ2) is 5.22. The Morgan fingerprint density at radius 1 is 1.58 bits per heavy atom. The minimum absolute atomic E-state index is 0.0388. The predicted octanol–water partition coefficient (Wildman–Crippen LogP) is 1.52. The van der Waals surface area contributed by atoms with Crippen LogP contribution in [0.3, 0.4) is 0 Å². The Hall–Kier alpha value is -1.53. The lowest BCUT2D eigenvalue weighted by molar-refractivity contribution is -0.151. The number of rotatable bonds is 3. The van der Waals surface area contributed by atoms with Crippen LogP contribution in [0.1, 0.15) is 13.3 Å². The van der Waals surface area contributed by atoms with Gasteiger partial charge in [0.15, 0.2) is 11.9 Å². The van der Waals surface area contributed by atoms with Gasteiger partial charge in [0, 0.05) is 6.20 Å². The Bertz CT molecular complexity index is 527. The third-order valence-electron chi connectivity index (χ3n) is 2.76. The number of hydrogen-bond acceptors (Lipinski definition) is 4. The number of hydrazone groups is 1. The summed E-state index contributed by atoms with van der Waals surface area (Å²) in [7, 11) is 0. The Morgan fingerprint density at radius 3 is 2.84 bits per heavy atom. The molecule has 1 unspecified atom stereocenters. The first kappa shape index (κ1) is 13.9. The molecule has 0 aliphatic carbocycles. The van der Waals surface area contributed by atoms with Crippen LogP contribution in [0, 0.1) is 0 Å². The van der Waals surface area contributed by atoms with E-state index in [1.54, 1.807) is 6.92 Å². The van der Waals surface area contributed by atoms with Gasteiger partial charge in [-0.3, -0.25) is 4.79 Å². The van der Waals surface area contributed by atoms with Gasteiger partial charge in [0.25, 0.3) is 5.91 Å². The Labute approximate surface area is 119 Å². The molecule has 19 heavy (non-hydrogen) atoms. The maximum atomic E-state index is 11.9. The summed E-state index contributed by atoms with van der Waals surface area (Å²) in [5.41, 5.74) is 0. The predicted molar refractivity (Wildman–Crippen MR) is 70.6 cm³/mol. The lowest BCUT2D eigenvalue weighted by atomic mass is 10.2. The zero-order chi connectivity index (χ0) is 14.2. The van der Waals surface area contributed by atoms with Gasteiger partial charge in [0.1, 0.15) is 6.54 Å². The van der Waals surface area contributed by atoms with Crippen LogP contribution in [0.4, 0.5) is 0 Å². The summed E-state index contributed by atoms with van der Waals surface area (Å²) in [6, 6.07) is -0.993. The summed E-state index contributed by atoms with van der Waals surface area (Å²) in [6.07, 6.45) is 3.28. The number of fused-ring (bicyclic) bond motifs is 1. The van der Waals surface area contributed by atoms with E-state index in [-0.39, 0.29) is 18.0 Å². The Balaban J connectivity index is 2.38. The van der Waals surface area contributed by atoms with Gasteiger partial charge < -0.3 is 10.0 Å². The fourth-order valence-corrected chi connectivity index (χ4v) is 2.41. The highest BCUT2D eigenvalue weighted by molar-refractivity contribution is 6.45. The molecule has 0 saturated carbocycles. The van der Waals surface area contributed by atoms with Gasteiger partial charge in [-0.25, -0.2) is 9.80 Å². The lowest BCUT2D eigenvalue weighted by Crippen LogP contribution is -2.51. The summed E-state index contributed by atoms with van der Waals surface area (Å²) in [6.45, 7) is 1.64. The monoisotopic (exact) mass is 303 g/mol. The molecule has 0 aromatic rings. The minimum atomic E-state index is -1.10. The molecule has 8 heteroatoms. The number of allylic oxidation sites excluding steroid dienone is 2. The average molecular weight is 304 g/mol. The molecule has 0 spiro atoms. The van der Waals surface area contributed by atoms with Crippen LogP contribution < -0.4 is 0 Å². The number of halogens is 2. The van der Waals surface area contributed by atoms with E-state index in [0.29, 0.717) is 10.9 Å². The van der Waals surface area contributed by atoms with E-state index in [4.69, 9.17) is 28.3 Å². The van der Waals surface area contributed by atoms with E-state index in [9.17, 15) is 9.59 Å². The number of hydrogen-bond donors (Lipinski definition) is 1. The molecule has 1 amide bonds. The molecule has 2 aliphatic heterocycles. The van der Waals surface area contributed by atoms with Crippen molar-refractivity contribution in [2.75, 3.05) is 6.54 Å². The normalized spacial score (nSPS) is 20.4. The Kier molecular flexibility index (Phi) is 3.82. The molecular weight excluding hydrogens is 293 g/mol. The zero-order valence-electron chi connectivity index (χ0n) is 10.0. The topological polar surface area (TPSA) is 73.2 Å². The van der Waals surface area contributed by atoms with Gasteiger partial charge in [0.2, 0.25) is 0 Å². The molecule has 0 fully saturated rings. The molecule has 102 valence electrons. The zero-order valence-corrected chi connectivity index (χ0v) is 11.5. The van der Waals surface area contributed by atoms with E-state index in [2.05, 4.69) is 5.10 Å². The van der Waals surface area contributed by atoms with Gasteiger partial charge in [-0.05, 0) is 12.5 Å². The molecule has 6 nitrogen and oxygen atoms in total. The summed E-state index contributed by atoms with van der Waals surface area (Å²) in [5.74, 6) is -1.19. The second-order valence-electron chi connectivity index (χ2n) is 4.06. The molecular formula is C11H11Cl2N3O3. The first-order chi connectivity index (χ1) is 8.93. The summed E-state index contributed by atoms with van der Waals surface area (Å²) < 4.78 is 0. The number of amidine groups is 1. The van der Waals surface area contributed by atoms with Crippen molar-refractivity contribution in [1.82, 2.24) is 9.91 Å². The molecule has 0 saturated heterocycles. The number of aliphatic carboxylic acids is 1.